The lowest BCUT2D eigenvalue weighted by atomic mass is 10.0. The highest BCUT2D eigenvalue weighted by atomic mass is 127. The Morgan fingerprint density at radius 3 is 2.18 bits per heavy atom. The Hall–Kier alpha value is -1.33. The van der Waals surface area contributed by atoms with Gasteiger partial charge in [0.1, 0.15) is 8.07 Å². The zero-order chi connectivity index (χ0) is 21.1. The second-order valence-corrected chi connectivity index (χ2v) is 15.0. The van der Waals surface area contributed by atoms with Crippen LogP contribution in [0.4, 0.5) is 0 Å². The highest BCUT2D eigenvalue weighted by molar-refractivity contribution is 14.1. The van der Waals surface area contributed by atoms with E-state index in [1.165, 1.54) is 0 Å². The highest BCUT2D eigenvalue weighted by Crippen LogP contribution is 2.41. The maximum Gasteiger partial charge on any atom is 0.363 e. The molecule has 4 nitrogen and oxygen atoms in total. The summed E-state index contributed by atoms with van der Waals surface area (Å²) in [6, 6.07) is 7.15. The van der Waals surface area contributed by atoms with Gasteiger partial charge in [-0.25, -0.2) is 9.59 Å². The van der Waals surface area contributed by atoms with Crippen LogP contribution in [0.5, 0.6) is 0 Å². The third-order valence-electron chi connectivity index (χ3n) is 5.72. The lowest BCUT2D eigenvalue weighted by Crippen LogP contribution is -2.45. The molecule has 1 saturated heterocycles. The van der Waals surface area contributed by atoms with Crippen LogP contribution in [-0.4, -0.2) is 32.2 Å². The molecule has 0 aliphatic carbocycles. The van der Waals surface area contributed by atoms with Crippen LogP contribution in [-0.2, 0) is 14.3 Å². The maximum absolute atomic E-state index is 12.8. The highest BCUT2D eigenvalue weighted by Gasteiger charge is 2.49. The lowest BCUT2D eigenvalue weighted by molar-refractivity contribution is -0.149. The minimum Gasteiger partial charge on any atom is -0.462 e. The van der Waals surface area contributed by atoms with Gasteiger partial charge in [-0.2, -0.15) is 0 Å². The Morgan fingerprint density at radius 2 is 1.71 bits per heavy atom. The van der Waals surface area contributed by atoms with Crippen molar-refractivity contribution in [1.82, 2.24) is 0 Å². The SMILES string of the molecule is CC(C)[Si](C#CC1(OC(=O)c2ccccc2I)CCOC1=O)(C(C)C)C(C)C. The first-order valence-corrected chi connectivity index (χ1v) is 13.1. The number of rotatable bonds is 5. The minimum absolute atomic E-state index is 0.215. The van der Waals surface area contributed by atoms with Gasteiger partial charge < -0.3 is 9.47 Å². The molecule has 0 aromatic heterocycles. The number of carbonyl (C=O) groups is 2. The van der Waals surface area contributed by atoms with Crippen LogP contribution < -0.4 is 0 Å². The third-order valence-corrected chi connectivity index (χ3v) is 13.0. The number of benzene rings is 1. The lowest BCUT2D eigenvalue weighted by Gasteiger charge is -2.38. The summed E-state index contributed by atoms with van der Waals surface area (Å²) < 4.78 is 11.7. The first-order chi connectivity index (χ1) is 13.1. The van der Waals surface area contributed by atoms with E-state index in [0.717, 1.165) is 3.57 Å². The van der Waals surface area contributed by atoms with Crippen LogP contribution in [0.15, 0.2) is 24.3 Å². The monoisotopic (exact) mass is 512 g/mol. The molecule has 1 aliphatic heterocycles. The van der Waals surface area contributed by atoms with Gasteiger partial charge in [0.2, 0.25) is 0 Å². The van der Waals surface area contributed by atoms with Gasteiger partial charge in [0.25, 0.3) is 5.60 Å². The summed E-state index contributed by atoms with van der Waals surface area (Å²) >= 11 is 2.09. The van der Waals surface area contributed by atoms with Crippen molar-refractivity contribution in [2.45, 2.75) is 70.2 Å². The molecule has 1 aromatic carbocycles. The van der Waals surface area contributed by atoms with Crippen LogP contribution >= 0.6 is 22.6 Å². The van der Waals surface area contributed by atoms with Crippen molar-refractivity contribution < 1.29 is 19.1 Å². The molecule has 0 N–H and O–H groups in total. The van der Waals surface area contributed by atoms with Crippen molar-refractivity contribution >= 4 is 42.6 Å². The zero-order valence-electron chi connectivity index (χ0n) is 17.5. The molecule has 0 saturated carbocycles. The van der Waals surface area contributed by atoms with E-state index in [4.69, 9.17) is 9.47 Å². The first-order valence-electron chi connectivity index (χ1n) is 9.76. The number of cyclic esters (lactones) is 1. The molecule has 1 heterocycles. The first kappa shape index (κ1) is 23.0. The zero-order valence-corrected chi connectivity index (χ0v) is 20.6. The molecule has 0 amide bonds. The predicted molar refractivity (Wildman–Crippen MR) is 122 cm³/mol. The quantitative estimate of drug-likeness (QED) is 0.231. The van der Waals surface area contributed by atoms with E-state index in [2.05, 4.69) is 75.6 Å². The van der Waals surface area contributed by atoms with E-state index in [0.29, 0.717) is 22.2 Å². The summed E-state index contributed by atoms with van der Waals surface area (Å²) in [5.74, 6) is 2.05. The Kier molecular flexibility index (Phi) is 7.37. The van der Waals surface area contributed by atoms with Crippen molar-refractivity contribution in [2.24, 2.45) is 0 Å². The normalized spacial score (nSPS) is 19.6. The Bertz CT molecular complexity index is 784. The molecule has 0 bridgehead atoms. The fourth-order valence-corrected chi connectivity index (χ4v) is 10.1. The fraction of sp³-hybridized carbons (Fsp3) is 0.545. The van der Waals surface area contributed by atoms with Gasteiger partial charge in [-0.05, 0) is 51.3 Å². The molecule has 1 aromatic rings. The number of carbonyl (C=O) groups excluding carboxylic acids is 2. The number of esters is 2. The van der Waals surface area contributed by atoms with Crippen molar-refractivity contribution in [3.8, 4) is 11.5 Å². The van der Waals surface area contributed by atoms with Gasteiger partial charge in [0, 0.05) is 9.99 Å². The largest absolute Gasteiger partial charge is 0.462 e. The van der Waals surface area contributed by atoms with Gasteiger partial charge >= 0.3 is 11.9 Å². The van der Waals surface area contributed by atoms with Gasteiger partial charge in [0.05, 0.1) is 12.2 Å². The third kappa shape index (κ3) is 4.30. The van der Waals surface area contributed by atoms with Gasteiger partial charge in [-0.3, -0.25) is 0 Å². The molecular formula is C22H29IO4Si. The number of hydrogen-bond acceptors (Lipinski definition) is 4. The summed E-state index contributed by atoms with van der Waals surface area (Å²) in [5, 5.41) is 0. The Morgan fingerprint density at radius 1 is 1.14 bits per heavy atom. The topological polar surface area (TPSA) is 52.6 Å². The molecular weight excluding hydrogens is 483 g/mol. The molecule has 1 unspecified atom stereocenters. The summed E-state index contributed by atoms with van der Waals surface area (Å²) in [6.07, 6.45) is 0.271. The summed E-state index contributed by atoms with van der Waals surface area (Å²) in [5.41, 5.74) is 3.70. The number of halogens is 1. The molecule has 1 fully saturated rings. The summed E-state index contributed by atoms with van der Waals surface area (Å²) in [7, 11) is -2.07. The summed E-state index contributed by atoms with van der Waals surface area (Å²) in [6.45, 7) is 13.5. The van der Waals surface area contributed by atoms with Gasteiger partial charge in [-0.15, -0.1) is 5.54 Å². The van der Waals surface area contributed by atoms with Crippen LogP contribution in [0.1, 0.15) is 58.3 Å². The molecule has 0 radical (unpaired) electrons. The average Bonchev–Trinajstić information content (AvgIpc) is 2.95. The van der Waals surface area contributed by atoms with E-state index in [-0.39, 0.29) is 13.0 Å². The molecule has 1 aliphatic rings. The van der Waals surface area contributed by atoms with Crippen LogP contribution in [0.3, 0.4) is 0 Å². The number of ether oxygens (including phenoxy) is 2. The fourth-order valence-electron chi connectivity index (χ4n) is 4.22. The number of hydrogen-bond donors (Lipinski definition) is 0. The van der Waals surface area contributed by atoms with Crippen LogP contribution in [0.25, 0.3) is 0 Å². The summed E-state index contributed by atoms with van der Waals surface area (Å²) in [4.78, 5) is 25.4. The van der Waals surface area contributed by atoms with Crippen molar-refractivity contribution in [1.29, 1.82) is 0 Å². The molecule has 1 atom stereocenters. The Labute approximate surface area is 182 Å². The van der Waals surface area contributed by atoms with Gasteiger partial charge in [0.15, 0.2) is 0 Å². The van der Waals surface area contributed by atoms with E-state index in [1.54, 1.807) is 12.1 Å². The second-order valence-electron chi connectivity index (χ2n) is 8.23. The van der Waals surface area contributed by atoms with Crippen molar-refractivity contribution in [2.75, 3.05) is 6.61 Å². The van der Waals surface area contributed by atoms with Gasteiger partial charge in [-0.1, -0.05) is 59.6 Å². The van der Waals surface area contributed by atoms with Crippen molar-refractivity contribution in [3.05, 3.63) is 33.4 Å². The van der Waals surface area contributed by atoms with E-state index >= 15 is 0 Å². The smallest absolute Gasteiger partial charge is 0.363 e. The molecule has 28 heavy (non-hydrogen) atoms. The molecule has 152 valence electrons. The van der Waals surface area contributed by atoms with Crippen LogP contribution in [0.2, 0.25) is 16.6 Å². The molecule has 6 heteroatoms. The second kappa shape index (κ2) is 9.00. The standard InChI is InChI=1S/C22H29IO4Si/c1-15(2)28(16(3)4,17(5)6)14-12-22(11-13-26-21(22)25)27-20(24)18-9-7-8-10-19(18)23/h7-10,15-17H,11,13H2,1-6H3. The van der Waals surface area contributed by atoms with E-state index in [9.17, 15) is 9.59 Å². The molecule has 2 rings (SSSR count). The average molecular weight is 512 g/mol. The molecule has 0 spiro atoms. The maximum atomic E-state index is 12.8. The van der Waals surface area contributed by atoms with Crippen molar-refractivity contribution in [3.63, 3.8) is 0 Å². The predicted octanol–water partition coefficient (Wildman–Crippen LogP) is 5.36. The van der Waals surface area contributed by atoms with E-state index < -0.39 is 25.6 Å². The minimum atomic E-state index is -2.07. The van der Waals surface area contributed by atoms with E-state index in [1.807, 2.05) is 12.1 Å². The van der Waals surface area contributed by atoms with Crippen LogP contribution in [0, 0.1) is 15.0 Å². The Balaban J connectivity index is 2.48.